The molecule has 0 aliphatic heterocycles. The Bertz CT molecular complexity index is 574. The van der Waals surface area contributed by atoms with Crippen LogP contribution in [0.25, 0.3) is 0 Å². The van der Waals surface area contributed by atoms with Gasteiger partial charge in [-0.25, -0.2) is 0 Å². The molecule has 0 unspecified atom stereocenters. The number of carbonyl (C=O) groups is 3. The van der Waals surface area contributed by atoms with Gasteiger partial charge in [-0.2, -0.15) is 0 Å². The van der Waals surface area contributed by atoms with Crippen molar-refractivity contribution in [2.24, 2.45) is 11.5 Å². The molecule has 0 saturated carbocycles. The fraction of sp³-hybridized carbons (Fsp3) is 0.357. The van der Waals surface area contributed by atoms with Crippen molar-refractivity contribution < 1.29 is 24.6 Å². The van der Waals surface area contributed by atoms with Gasteiger partial charge in [0.05, 0.1) is 5.56 Å². The summed E-state index contributed by atoms with van der Waals surface area (Å²) in [5.74, 6) is -2.91. The van der Waals surface area contributed by atoms with Crippen molar-refractivity contribution >= 4 is 17.7 Å². The zero-order valence-corrected chi connectivity index (χ0v) is 11.9. The van der Waals surface area contributed by atoms with E-state index in [1.807, 2.05) is 0 Å². The first-order valence-corrected chi connectivity index (χ1v) is 6.72. The maximum atomic E-state index is 12.0. The number of hydrogen-bond donors (Lipinski definition) is 5. The molecule has 0 bridgehead atoms. The number of nitrogens with two attached hydrogens (primary N) is 2. The molecule has 1 aromatic carbocycles. The molecule has 1 atom stereocenters. The highest BCUT2D eigenvalue weighted by molar-refractivity contribution is 6.00. The van der Waals surface area contributed by atoms with E-state index in [1.54, 1.807) is 0 Å². The minimum atomic E-state index is -0.942. The Kier molecular flexibility index (Phi) is 6.18. The Morgan fingerprint density at radius 1 is 1.14 bits per heavy atom. The predicted molar refractivity (Wildman–Crippen MR) is 77.9 cm³/mol. The van der Waals surface area contributed by atoms with Gasteiger partial charge in [-0.15, -0.1) is 0 Å². The van der Waals surface area contributed by atoms with Crippen LogP contribution in [-0.4, -0.2) is 34.0 Å². The van der Waals surface area contributed by atoms with Gasteiger partial charge < -0.3 is 27.0 Å². The molecule has 0 aliphatic rings. The van der Waals surface area contributed by atoms with Crippen LogP contribution in [0, 0.1) is 0 Å². The molecule has 1 rings (SSSR count). The molecule has 0 aromatic heterocycles. The summed E-state index contributed by atoms with van der Waals surface area (Å²) in [6.45, 7) is 0. The van der Waals surface area contributed by atoms with Crippen LogP contribution in [0.4, 0.5) is 0 Å². The Hall–Kier alpha value is -2.77. The van der Waals surface area contributed by atoms with Gasteiger partial charge in [-0.05, 0) is 25.0 Å². The van der Waals surface area contributed by atoms with Crippen molar-refractivity contribution in [3.05, 3.63) is 23.8 Å². The lowest BCUT2D eigenvalue weighted by Gasteiger charge is -2.16. The Labute approximate surface area is 127 Å². The van der Waals surface area contributed by atoms with E-state index in [0.717, 1.165) is 0 Å². The molecule has 0 spiro atoms. The first kappa shape index (κ1) is 17.3. The van der Waals surface area contributed by atoms with Gasteiger partial charge in [-0.1, -0.05) is 12.5 Å². The van der Waals surface area contributed by atoms with Crippen LogP contribution >= 0.6 is 0 Å². The number of aromatic hydroxyl groups is 2. The van der Waals surface area contributed by atoms with Crippen molar-refractivity contribution in [1.82, 2.24) is 5.32 Å². The minimum Gasteiger partial charge on any atom is -0.504 e. The molecule has 0 heterocycles. The molecule has 8 heteroatoms. The quantitative estimate of drug-likeness (QED) is 0.330. The summed E-state index contributed by atoms with van der Waals surface area (Å²) in [6.07, 6.45) is 1.38. The van der Waals surface area contributed by atoms with E-state index < -0.39 is 35.3 Å². The lowest BCUT2D eigenvalue weighted by molar-refractivity contribution is -0.120. The number of benzene rings is 1. The Balaban J connectivity index is 2.66. The zero-order valence-electron chi connectivity index (χ0n) is 11.9. The summed E-state index contributed by atoms with van der Waals surface area (Å²) in [5, 5.41) is 21.4. The number of nitrogens with one attached hydrogen (secondary N) is 1. The second-order valence-electron chi connectivity index (χ2n) is 4.81. The Morgan fingerprint density at radius 3 is 2.41 bits per heavy atom. The largest absolute Gasteiger partial charge is 0.504 e. The van der Waals surface area contributed by atoms with E-state index in [0.29, 0.717) is 12.8 Å². The third-order valence-corrected chi connectivity index (χ3v) is 3.07. The standard InChI is InChI=1S/C14H19N3O5/c15-11(19)7-2-1-5-9(13(16)21)17-14(22)8-4-3-6-10(18)12(8)20/h3-4,6,9,18,20H,1-2,5,7H2,(H2,15,19)(H2,16,21)(H,17,22)/t9-/m0/s1. The number of rotatable bonds is 8. The lowest BCUT2D eigenvalue weighted by atomic mass is 10.1. The van der Waals surface area contributed by atoms with Gasteiger partial charge in [0.2, 0.25) is 11.8 Å². The highest BCUT2D eigenvalue weighted by Gasteiger charge is 2.21. The van der Waals surface area contributed by atoms with E-state index in [9.17, 15) is 24.6 Å². The first-order valence-electron chi connectivity index (χ1n) is 6.72. The second kappa shape index (κ2) is 7.87. The zero-order chi connectivity index (χ0) is 16.7. The first-order chi connectivity index (χ1) is 10.3. The van der Waals surface area contributed by atoms with Gasteiger partial charge in [0.15, 0.2) is 11.5 Å². The summed E-state index contributed by atoms with van der Waals surface area (Å²) in [7, 11) is 0. The molecular formula is C14H19N3O5. The smallest absolute Gasteiger partial charge is 0.255 e. The molecule has 120 valence electrons. The van der Waals surface area contributed by atoms with Crippen molar-refractivity contribution in [3.63, 3.8) is 0 Å². The topological polar surface area (TPSA) is 156 Å². The van der Waals surface area contributed by atoms with Crippen LogP contribution in [0.3, 0.4) is 0 Å². The van der Waals surface area contributed by atoms with E-state index in [4.69, 9.17) is 11.5 Å². The van der Waals surface area contributed by atoms with Crippen LogP contribution in [0.5, 0.6) is 11.5 Å². The molecule has 1 aromatic rings. The molecule has 0 saturated heterocycles. The van der Waals surface area contributed by atoms with E-state index in [2.05, 4.69) is 5.32 Å². The molecular weight excluding hydrogens is 290 g/mol. The van der Waals surface area contributed by atoms with E-state index in [1.165, 1.54) is 18.2 Å². The molecule has 0 aliphatic carbocycles. The van der Waals surface area contributed by atoms with Crippen LogP contribution < -0.4 is 16.8 Å². The Morgan fingerprint density at radius 2 is 1.82 bits per heavy atom. The summed E-state index contributed by atoms with van der Waals surface area (Å²) >= 11 is 0. The number of amides is 3. The number of carbonyl (C=O) groups excluding carboxylic acids is 3. The molecule has 7 N–H and O–H groups in total. The van der Waals surface area contributed by atoms with Gasteiger partial charge >= 0.3 is 0 Å². The number of primary amides is 2. The normalized spacial score (nSPS) is 11.6. The fourth-order valence-electron chi connectivity index (χ4n) is 1.88. The maximum absolute atomic E-state index is 12.0. The van der Waals surface area contributed by atoms with Gasteiger partial charge in [-0.3, -0.25) is 14.4 Å². The fourth-order valence-corrected chi connectivity index (χ4v) is 1.88. The van der Waals surface area contributed by atoms with Crippen molar-refractivity contribution in [2.45, 2.75) is 31.7 Å². The summed E-state index contributed by atoms with van der Waals surface area (Å²) in [5.41, 5.74) is 10.1. The maximum Gasteiger partial charge on any atom is 0.255 e. The average Bonchev–Trinajstić information content (AvgIpc) is 2.44. The molecule has 22 heavy (non-hydrogen) atoms. The van der Waals surface area contributed by atoms with E-state index >= 15 is 0 Å². The lowest BCUT2D eigenvalue weighted by Crippen LogP contribution is -2.44. The third-order valence-electron chi connectivity index (χ3n) is 3.07. The predicted octanol–water partition coefficient (Wildman–Crippen LogP) is -0.273. The summed E-state index contributed by atoms with van der Waals surface area (Å²) in [6, 6.07) is 2.97. The molecule has 3 amide bonds. The number of unbranched alkanes of at least 4 members (excludes halogenated alkanes) is 1. The van der Waals surface area contributed by atoms with Crippen molar-refractivity contribution in [2.75, 3.05) is 0 Å². The van der Waals surface area contributed by atoms with Gasteiger partial charge in [0.1, 0.15) is 6.04 Å². The van der Waals surface area contributed by atoms with E-state index in [-0.39, 0.29) is 18.4 Å². The monoisotopic (exact) mass is 309 g/mol. The van der Waals surface area contributed by atoms with Crippen LogP contribution in [0.1, 0.15) is 36.0 Å². The van der Waals surface area contributed by atoms with Crippen molar-refractivity contribution in [3.8, 4) is 11.5 Å². The molecule has 0 fully saturated rings. The van der Waals surface area contributed by atoms with Crippen LogP contribution in [-0.2, 0) is 9.59 Å². The second-order valence-corrected chi connectivity index (χ2v) is 4.81. The molecule has 8 nitrogen and oxygen atoms in total. The number of phenols is 2. The third kappa shape index (κ3) is 4.97. The van der Waals surface area contributed by atoms with Crippen molar-refractivity contribution in [1.29, 1.82) is 0 Å². The summed E-state index contributed by atoms with van der Waals surface area (Å²) < 4.78 is 0. The molecule has 0 radical (unpaired) electrons. The minimum absolute atomic E-state index is 0.164. The highest BCUT2D eigenvalue weighted by atomic mass is 16.3. The summed E-state index contributed by atoms with van der Waals surface area (Å²) in [4.78, 5) is 34.0. The number of para-hydroxylation sites is 1. The number of phenolic OH excluding ortho intramolecular Hbond substituents is 2. The number of hydrogen-bond acceptors (Lipinski definition) is 5. The van der Waals surface area contributed by atoms with Crippen LogP contribution in [0.15, 0.2) is 18.2 Å². The SMILES string of the molecule is NC(=O)CCCC[C@H](NC(=O)c1cccc(O)c1O)C(N)=O. The van der Waals surface area contributed by atoms with Gasteiger partial charge in [0, 0.05) is 6.42 Å². The average molecular weight is 309 g/mol. The highest BCUT2D eigenvalue weighted by Crippen LogP contribution is 2.28. The van der Waals surface area contributed by atoms with Crippen LogP contribution in [0.2, 0.25) is 0 Å². The van der Waals surface area contributed by atoms with Gasteiger partial charge in [0.25, 0.3) is 5.91 Å².